The maximum atomic E-state index is 13.4. The summed E-state index contributed by atoms with van der Waals surface area (Å²) >= 11 is 11.5. The number of carbonyl (C=O) groups is 1. The Kier molecular flexibility index (Phi) is 4.56. The van der Waals surface area contributed by atoms with Crippen LogP contribution in [0, 0.1) is 5.82 Å². The Labute approximate surface area is 104 Å². The Morgan fingerprint density at radius 3 is 2.75 bits per heavy atom. The lowest BCUT2D eigenvalue weighted by Gasteiger charge is -2.18. The highest BCUT2D eigenvalue weighted by Gasteiger charge is 2.17. The second-order valence-electron chi connectivity index (χ2n) is 3.59. The molecule has 1 rings (SSSR count). The van der Waals surface area contributed by atoms with E-state index in [2.05, 4.69) is 0 Å². The number of benzene rings is 1. The fraction of sp³-hybridized carbons (Fsp3) is 0.364. The molecule has 0 fully saturated rings. The first-order valence-electron chi connectivity index (χ1n) is 4.76. The molecule has 0 aliphatic rings. The van der Waals surface area contributed by atoms with Crippen molar-refractivity contribution in [1.82, 2.24) is 4.90 Å². The maximum absolute atomic E-state index is 13.4. The van der Waals surface area contributed by atoms with Gasteiger partial charge in [0, 0.05) is 24.0 Å². The fourth-order valence-corrected chi connectivity index (χ4v) is 1.71. The predicted octanol–water partition coefficient (Wildman–Crippen LogP) is 3.18. The van der Waals surface area contributed by atoms with E-state index in [4.69, 9.17) is 23.2 Å². The first kappa shape index (κ1) is 13.3. The number of rotatable bonds is 3. The monoisotopic (exact) mass is 263 g/mol. The molecule has 0 aromatic heterocycles. The molecule has 2 nitrogen and oxygen atoms in total. The van der Waals surface area contributed by atoms with Crippen LogP contribution in [-0.2, 0) is 0 Å². The summed E-state index contributed by atoms with van der Waals surface area (Å²) in [5.74, 6) is -1.00. The molecule has 1 amide bonds. The van der Waals surface area contributed by atoms with Crippen LogP contribution >= 0.6 is 23.2 Å². The van der Waals surface area contributed by atoms with Crippen LogP contribution in [0.5, 0.6) is 0 Å². The van der Waals surface area contributed by atoms with Gasteiger partial charge in [0.2, 0.25) is 0 Å². The van der Waals surface area contributed by atoms with E-state index >= 15 is 0 Å². The molecule has 0 aliphatic carbocycles. The topological polar surface area (TPSA) is 20.3 Å². The van der Waals surface area contributed by atoms with Gasteiger partial charge in [0.25, 0.3) is 5.91 Å². The lowest BCUT2D eigenvalue weighted by atomic mass is 10.2. The molecule has 0 N–H and O–H groups in total. The maximum Gasteiger partial charge on any atom is 0.256 e. The van der Waals surface area contributed by atoms with E-state index in [0.717, 1.165) is 0 Å². The Morgan fingerprint density at radius 1 is 1.56 bits per heavy atom. The Balaban J connectivity index is 2.91. The minimum atomic E-state index is -0.580. The molecule has 1 atom stereocenters. The minimum Gasteiger partial charge on any atom is -0.340 e. The summed E-state index contributed by atoms with van der Waals surface area (Å²) in [5.41, 5.74) is -0.0349. The number of nitrogens with zero attached hydrogens (tertiary/aromatic N) is 1. The number of alkyl halides is 1. The second-order valence-corrected chi connectivity index (χ2v) is 4.77. The summed E-state index contributed by atoms with van der Waals surface area (Å²) < 4.78 is 13.4. The molecule has 0 saturated heterocycles. The number of halogens is 3. The third-order valence-corrected chi connectivity index (χ3v) is 2.40. The van der Waals surface area contributed by atoms with Gasteiger partial charge < -0.3 is 4.90 Å². The summed E-state index contributed by atoms with van der Waals surface area (Å²) in [6, 6.07) is 3.89. The standard InChI is InChI=1S/C11H12Cl2FNO/c1-7(12)6-15(2)11(16)9-5-8(13)3-4-10(9)14/h3-5,7H,6H2,1-2H3. The highest BCUT2D eigenvalue weighted by molar-refractivity contribution is 6.31. The highest BCUT2D eigenvalue weighted by Crippen LogP contribution is 2.16. The molecule has 5 heteroatoms. The third kappa shape index (κ3) is 3.35. The van der Waals surface area contributed by atoms with Crippen LogP contribution in [-0.4, -0.2) is 29.8 Å². The van der Waals surface area contributed by atoms with Crippen LogP contribution in [0.25, 0.3) is 0 Å². The average Bonchev–Trinajstić information content (AvgIpc) is 2.19. The van der Waals surface area contributed by atoms with Crippen molar-refractivity contribution >= 4 is 29.1 Å². The molecule has 1 aromatic carbocycles. The van der Waals surface area contributed by atoms with Crippen molar-refractivity contribution in [2.75, 3.05) is 13.6 Å². The molecular weight excluding hydrogens is 252 g/mol. The molecular formula is C11H12Cl2FNO. The van der Waals surface area contributed by atoms with Gasteiger partial charge in [0.15, 0.2) is 0 Å². The molecule has 1 unspecified atom stereocenters. The Morgan fingerprint density at radius 2 is 2.19 bits per heavy atom. The van der Waals surface area contributed by atoms with Gasteiger partial charge in [0.05, 0.1) is 5.56 Å². The van der Waals surface area contributed by atoms with Crippen molar-refractivity contribution in [2.24, 2.45) is 0 Å². The van der Waals surface area contributed by atoms with Gasteiger partial charge in [-0.05, 0) is 25.1 Å². The van der Waals surface area contributed by atoms with Crippen molar-refractivity contribution in [1.29, 1.82) is 0 Å². The molecule has 0 spiro atoms. The van der Waals surface area contributed by atoms with Crippen LogP contribution in [0.2, 0.25) is 5.02 Å². The number of hydrogen-bond donors (Lipinski definition) is 0. The second kappa shape index (κ2) is 5.51. The molecule has 0 heterocycles. The van der Waals surface area contributed by atoms with Gasteiger partial charge in [-0.25, -0.2) is 4.39 Å². The molecule has 88 valence electrons. The quantitative estimate of drug-likeness (QED) is 0.768. The van der Waals surface area contributed by atoms with E-state index in [1.54, 1.807) is 14.0 Å². The van der Waals surface area contributed by atoms with E-state index in [1.807, 2.05) is 0 Å². The minimum absolute atomic E-state index is 0.0349. The fourth-order valence-electron chi connectivity index (χ4n) is 1.33. The van der Waals surface area contributed by atoms with Crippen LogP contribution in [0.4, 0.5) is 4.39 Å². The zero-order valence-electron chi connectivity index (χ0n) is 9.01. The Hall–Kier alpha value is -0.800. The molecule has 0 saturated carbocycles. The number of carbonyl (C=O) groups excluding carboxylic acids is 1. The van der Waals surface area contributed by atoms with Crippen LogP contribution in [0.1, 0.15) is 17.3 Å². The van der Waals surface area contributed by atoms with Gasteiger partial charge in [-0.15, -0.1) is 11.6 Å². The largest absolute Gasteiger partial charge is 0.340 e. The molecule has 0 radical (unpaired) electrons. The first-order valence-corrected chi connectivity index (χ1v) is 5.58. The van der Waals surface area contributed by atoms with Crippen LogP contribution in [0.3, 0.4) is 0 Å². The van der Waals surface area contributed by atoms with Crippen molar-refractivity contribution in [3.8, 4) is 0 Å². The first-order chi connectivity index (χ1) is 7.41. The zero-order chi connectivity index (χ0) is 12.3. The summed E-state index contributed by atoms with van der Waals surface area (Å²) in [5, 5.41) is 0.147. The van der Waals surface area contributed by atoms with Crippen molar-refractivity contribution in [3.05, 3.63) is 34.6 Å². The lowest BCUT2D eigenvalue weighted by Crippen LogP contribution is -2.31. The van der Waals surface area contributed by atoms with Gasteiger partial charge in [0.1, 0.15) is 5.82 Å². The molecule has 1 aromatic rings. The van der Waals surface area contributed by atoms with E-state index in [0.29, 0.717) is 11.6 Å². The van der Waals surface area contributed by atoms with Gasteiger partial charge in [-0.2, -0.15) is 0 Å². The third-order valence-electron chi connectivity index (χ3n) is 2.03. The number of hydrogen-bond acceptors (Lipinski definition) is 1. The van der Waals surface area contributed by atoms with Gasteiger partial charge in [-0.3, -0.25) is 4.79 Å². The normalized spacial score (nSPS) is 12.3. The predicted molar refractivity (Wildman–Crippen MR) is 63.7 cm³/mol. The van der Waals surface area contributed by atoms with Crippen molar-refractivity contribution in [3.63, 3.8) is 0 Å². The molecule has 0 aliphatic heterocycles. The highest BCUT2D eigenvalue weighted by atomic mass is 35.5. The summed E-state index contributed by atoms with van der Waals surface area (Å²) in [6.07, 6.45) is 0. The van der Waals surface area contributed by atoms with Crippen LogP contribution in [0.15, 0.2) is 18.2 Å². The Bertz CT molecular complexity index is 396. The van der Waals surface area contributed by atoms with E-state index in [1.165, 1.54) is 23.1 Å². The SMILES string of the molecule is CC(Cl)CN(C)C(=O)c1cc(Cl)ccc1F. The van der Waals surface area contributed by atoms with E-state index in [-0.39, 0.29) is 10.9 Å². The lowest BCUT2D eigenvalue weighted by molar-refractivity contribution is 0.0791. The van der Waals surface area contributed by atoms with Gasteiger partial charge >= 0.3 is 0 Å². The van der Waals surface area contributed by atoms with Crippen LogP contribution < -0.4 is 0 Å². The number of amides is 1. The van der Waals surface area contributed by atoms with Crippen molar-refractivity contribution < 1.29 is 9.18 Å². The molecule has 16 heavy (non-hydrogen) atoms. The summed E-state index contributed by atoms with van der Waals surface area (Å²) in [6.45, 7) is 2.12. The van der Waals surface area contributed by atoms with E-state index in [9.17, 15) is 9.18 Å². The molecule has 0 bridgehead atoms. The summed E-state index contributed by atoms with van der Waals surface area (Å²) in [4.78, 5) is 13.2. The van der Waals surface area contributed by atoms with E-state index < -0.39 is 11.7 Å². The van der Waals surface area contributed by atoms with Crippen molar-refractivity contribution in [2.45, 2.75) is 12.3 Å². The zero-order valence-corrected chi connectivity index (χ0v) is 10.5. The van der Waals surface area contributed by atoms with Gasteiger partial charge in [-0.1, -0.05) is 11.6 Å². The summed E-state index contributed by atoms with van der Waals surface area (Å²) in [7, 11) is 1.57. The average molecular weight is 264 g/mol. The smallest absolute Gasteiger partial charge is 0.256 e.